The van der Waals surface area contributed by atoms with E-state index in [1.165, 1.54) is 19.7 Å². The molecule has 4 aromatic rings. The number of fused-ring (bicyclic) bond motifs is 3. The predicted octanol–water partition coefficient (Wildman–Crippen LogP) is 3.54. The van der Waals surface area contributed by atoms with Crippen molar-refractivity contribution in [2.45, 2.75) is 45.4 Å². The molecule has 2 fully saturated rings. The predicted molar refractivity (Wildman–Crippen MR) is 140 cm³/mol. The molecule has 194 valence electrons. The molecule has 3 aromatic heterocycles. The number of nitriles is 1. The number of rotatable bonds is 7. The highest BCUT2D eigenvalue weighted by Crippen LogP contribution is 2.32. The molecule has 38 heavy (non-hydrogen) atoms. The van der Waals surface area contributed by atoms with Crippen molar-refractivity contribution < 1.29 is 9.13 Å². The van der Waals surface area contributed by atoms with Crippen molar-refractivity contribution in [3.05, 3.63) is 64.9 Å². The van der Waals surface area contributed by atoms with Crippen LogP contribution in [0.4, 0.5) is 4.39 Å². The minimum absolute atomic E-state index is 0.203. The van der Waals surface area contributed by atoms with E-state index in [1.54, 1.807) is 18.3 Å². The summed E-state index contributed by atoms with van der Waals surface area (Å²) >= 11 is 0. The molecule has 6 rings (SSSR count). The van der Waals surface area contributed by atoms with Crippen molar-refractivity contribution in [1.29, 1.82) is 5.26 Å². The first-order chi connectivity index (χ1) is 18.5. The number of halogens is 1. The maximum absolute atomic E-state index is 15.5. The second kappa shape index (κ2) is 9.74. The van der Waals surface area contributed by atoms with Gasteiger partial charge in [0.2, 0.25) is 0 Å². The summed E-state index contributed by atoms with van der Waals surface area (Å²) in [4.78, 5) is 22.9. The SMILES string of the molecule is CCN1C[C@@H]2C[C@H]1CN2Cc1ccc(Cn2c(-c3cncc(C#N)c3)nc3c(C)nc(OC)nc32)c(F)c1. The molecule has 2 bridgehead atoms. The fraction of sp³-hybridized carbons (Fsp3) is 0.393. The zero-order valence-electron chi connectivity index (χ0n) is 21.7. The number of nitrogens with zero attached hydrogens (tertiary/aromatic N) is 8. The lowest BCUT2D eigenvalue weighted by Gasteiger charge is -2.33. The first-order valence-corrected chi connectivity index (χ1v) is 12.9. The summed E-state index contributed by atoms with van der Waals surface area (Å²) in [6.45, 7) is 8.25. The minimum atomic E-state index is -0.267. The van der Waals surface area contributed by atoms with Crippen molar-refractivity contribution in [2.75, 3.05) is 26.7 Å². The van der Waals surface area contributed by atoms with Crippen LogP contribution in [0.25, 0.3) is 22.6 Å². The number of hydrogen-bond acceptors (Lipinski definition) is 8. The highest BCUT2D eigenvalue weighted by atomic mass is 19.1. The van der Waals surface area contributed by atoms with Crippen LogP contribution < -0.4 is 4.74 Å². The van der Waals surface area contributed by atoms with Crippen LogP contribution in [0.15, 0.2) is 36.7 Å². The average molecular weight is 513 g/mol. The minimum Gasteiger partial charge on any atom is -0.467 e. The van der Waals surface area contributed by atoms with E-state index in [4.69, 9.17) is 9.72 Å². The Morgan fingerprint density at radius 1 is 1.08 bits per heavy atom. The van der Waals surface area contributed by atoms with Crippen LogP contribution in [0.5, 0.6) is 6.01 Å². The molecule has 0 spiro atoms. The third-order valence-corrected chi connectivity index (χ3v) is 7.76. The number of benzene rings is 1. The molecule has 2 atom stereocenters. The Kier molecular flexibility index (Phi) is 6.26. The number of likely N-dealkylation sites (tertiary alicyclic amines) is 2. The van der Waals surface area contributed by atoms with E-state index in [2.05, 4.69) is 37.7 Å². The van der Waals surface area contributed by atoms with Crippen LogP contribution >= 0.6 is 0 Å². The Balaban J connectivity index is 1.33. The Hall–Kier alpha value is -3.94. The molecule has 0 saturated carbocycles. The molecule has 0 N–H and O–H groups in total. The van der Waals surface area contributed by atoms with Crippen LogP contribution in [-0.4, -0.2) is 73.1 Å². The summed E-state index contributed by atoms with van der Waals surface area (Å²) in [6, 6.07) is 10.7. The van der Waals surface area contributed by atoms with Gasteiger partial charge in [-0.05, 0) is 37.6 Å². The topological polar surface area (TPSA) is 96.0 Å². The summed E-state index contributed by atoms with van der Waals surface area (Å²) in [7, 11) is 1.51. The number of likely N-dealkylation sites (N-methyl/N-ethyl adjacent to an activating group) is 1. The van der Waals surface area contributed by atoms with Crippen molar-refractivity contribution >= 4 is 11.2 Å². The van der Waals surface area contributed by atoms with Crippen LogP contribution in [0.2, 0.25) is 0 Å². The number of pyridine rings is 1. The van der Waals surface area contributed by atoms with Gasteiger partial charge in [0.1, 0.15) is 23.2 Å². The lowest BCUT2D eigenvalue weighted by Crippen LogP contribution is -2.45. The van der Waals surface area contributed by atoms with Crippen molar-refractivity contribution in [3.8, 4) is 23.5 Å². The molecular formula is C28H29FN8O. The maximum Gasteiger partial charge on any atom is 0.318 e. The smallest absolute Gasteiger partial charge is 0.318 e. The zero-order chi connectivity index (χ0) is 26.4. The average Bonchev–Trinajstić information content (AvgIpc) is 3.63. The van der Waals surface area contributed by atoms with Gasteiger partial charge in [-0.3, -0.25) is 14.8 Å². The van der Waals surface area contributed by atoms with E-state index in [-0.39, 0.29) is 18.4 Å². The van der Waals surface area contributed by atoms with Gasteiger partial charge in [0.15, 0.2) is 5.65 Å². The van der Waals surface area contributed by atoms with Gasteiger partial charge in [-0.2, -0.15) is 15.2 Å². The van der Waals surface area contributed by atoms with Crippen LogP contribution in [0.1, 0.15) is 35.7 Å². The Morgan fingerprint density at radius 3 is 2.61 bits per heavy atom. The van der Waals surface area contributed by atoms with E-state index in [0.29, 0.717) is 51.5 Å². The van der Waals surface area contributed by atoms with Crippen molar-refractivity contribution in [1.82, 2.24) is 34.3 Å². The van der Waals surface area contributed by atoms with Gasteiger partial charge >= 0.3 is 6.01 Å². The zero-order valence-corrected chi connectivity index (χ0v) is 21.7. The van der Waals surface area contributed by atoms with Gasteiger partial charge in [0.25, 0.3) is 0 Å². The van der Waals surface area contributed by atoms with E-state index >= 15 is 4.39 Å². The van der Waals surface area contributed by atoms with E-state index in [1.807, 2.05) is 23.6 Å². The summed E-state index contributed by atoms with van der Waals surface area (Å²) in [5.74, 6) is 0.267. The molecule has 0 radical (unpaired) electrons. The van der Waals surface area contributed by atoms with E-state index < -0.39 is 0 Å². The standard InChI is InChI=1S/C28H29FN8O/c1-4-35-15-23-9-22(35)16-36(23)13-18-5-6-20(24(29)8-18)14-37-26(21-7-19(10-30)11-31-12-21)33-25-17(2)32-28(38-3)34-27(25)37/h5-8,11-12,22-23H,4,9,13-16H2,1-3H3/t22-,23-/m0/s1. The number of hydrogen-bond donors (Lipinski definition) is 0. The number of imidazole rings is 1. The van der Waals surface area contributed by atoms with Crippen LogP contribution in [0.3, 0.4) is 0 Å². The van der Waals surface area contributed by atoms with Crippen LogP contribution in [-0.2, 0) is 13.1 Å². The highest BCUT2D eigenvalue weighted by Gasteiger charge is 2.42. The van der Waals surface area contributed by atoms with Gasteiger partial charge in [-0.15, -0.1) is 0 Å². The number of ether oxygens (including phenoxy) is 1. The molecule has 2 saturated heterocycles. The van der Waals surface area contributed by atoms with Gasteiger partial charge in [-0.1, -0.05) is 19.1 Å². The Bertz CT molecular complexity index is 1560. The first-order valence-electron chi connectivity index (χ1n) is 12.9. The highest BCUT2D eigenvalue weighted by molar-refractivity contribution is 5.79. The van der Waals surface area contributed by atoms with Crippen molar-refractivity contribution in [3.63, 3.8) is 0 Å². The monoisotopic (exact) mass is 512 g/mol. The van der Waals surface area contributed by atoms with Gasteiger partial charge in [0.05, 0.1) is 24.9 Å². The second-order valence-electron chi connectivity index (χ2n) is 10.0. The third kappa shape index (κ3) is 4.27. The molecular weight excluding hydrogens is 483 g/mol. The molecule has 1 aromatic carbocycles. The summed E-state index contributed by atoms with van der Waals surface area (Å²) in [5, 5.41) is 9.38. The number of methoxy groups -OCH3 is 1. The second-order valence-corrected chi connectivity index (χ2v) is 10.0. The number of aromatic nitrogens is 5. The summed E-state index contributed by atoms with van der Waals surface area (Å²) in [5.41, 5.74) is 4.32. The molecule has 0 aliphatic carbocycles. The number of aryl methyl sites for hydroxylation is 1. The first kappa shape index (κ1) is 24.4. The van der Waals surface area contributed by atoms with Gasteiger partial charge in [0, 0.05) is 55.2 Å². The maximum atomic E-state index is 15.5. The van der Waals surface area contributed by atoms with Crippen molar-refractivity contribution in [2.24, 2.45) is 0 Å². The Morgan fingerprint density at radius 2 is 1.89 bits per heavy atom. The third-order valence-electron chi connectivity index (χ3n) is 7.76. The van der Waals surface area contributed by atoms with Gasteiger partial charge in [-0.25, -0.2) is 9.37 Å². The fourth-order valence-electron chi connectivity index (χ4n) is 5.83. The fourth-order valence-corrected chi connectivity index (χ4v) is 5.83. The molecule has 5 heterocycles. The Labute approximate surface area is 220 Å². The molecule has 10 heteroatoms. The summed E-state index contributed by atoms with van der Waals surface area (Å²) < 4.78 is 22.7. The van der Waals surface area contributed by atoms with E-state index in [9.17, 15) is 5.26 Å². The number of piperazine rings is 1. The molecule has 2 aliphatic heterocycles. The molecule has 0 amide bonds. The van der Waals surface area contributed by atoms with Gasteiger partial charge < -0.3 is 9.30 Å². The van der Waals surface area contributed by atoms with E-state index in [0.717, 1.165) is 31.7 Å². The molecule has 9 nitrogen and oxygen atoms in total. The lowest BCUT2D eigenvalue weighted by molar-refractivity contribution is 0.127. The molecule has 0 unspecified atom stereocenters. The summed E-state index contributed by atoms with van der Waals surface area (Å²) in [6.07, 6.45) is 4.34. The molecule has 2 aliphatic rings. The van der Waals surface area contributed by atoms with Crippen LogP contribution in [0, 0.1) is 24.1 Å². The lowest BCUT2D eigenvalue weighted by atomic mass is 10.1. The normalized spacial score (nSPS) is 19.3. The largest absolute Gasteiger partial charge is 0.467 e. The quantitative estimate of drug-likeness (QED) is 0.371.